The molecule has 1 saturated carbocycles. The lowest BCUT2D eigenvalue weighted by Gasteiger charge is -2.14. The van der Waals surface area contributed by atoms with Crippen molar-refractivity contribution < 1.29 is 14.7 Å². The molecule has 0 bridgehead atoms. The molecule has 0 spiro atoms. The van der Waals surface area contributed by atoms with Crippen LogP contribution >= 0.6 is 0 Å². The molecule has 0 unspecified atom stereocenters. The second-order valence-corrected chi connectivity index (χ2v) is 5.46. The van der Waals surface area contributed by atoms with E-state index >= 15 is 0 Å². The summed E-state index contributed by atoms with van der Waals surface area (Å²) < 4.78 is 0. The fourth-order valence-electron chi connectivity index (χ4n) is 2.50. The van der Waals surface area contributed by atoms with E-state index in [1.165, 1.54) is 31.2 Å². The Bertz CT molecular complexity index is 549. The maximum Gasteiger partial charge on any atom is 0.329 e. The highest BCUT2D eigenvalue weighted by atomic mass is 16.3. The zero-order valence-electron chi connectivity index (χ0n) is 12.4. The molecule has 1 fully saturated rings. The van der Waals surface area contributed by atoms with Crippen LogP contribution in [0.15, 0.2) is 29.4 Å². The lowest BCUT2D eigenvalue weighted by molar-refractivity contribution is -0.139. The molecule has 1 aliphatic rings. The first-order valence-corrected chi connectivity index (χ1v) is 7.58. The molecule has 1 aliphatic carbocycles. The minimum atomic E-state index is -0.777. The van der Waals surface area contributed by atoms with Gasteiger partial charge in [0, 0.05) is 6.04 Å². The average molecular weight is 303 g/mol. The molecule has 22 heavy (non-hydrogen) atoms. The number of hydrogen-bond donors (Lipinski definition) is 3. The van der Waals surface area contributed by atoms with Gasteiger partial charge in [-0.25, -0.2) is 5.43 Å². The molecule has 0 aromatic heterocycles. The number of carbonyl (C=O) groups excluding carboxylic acids is 2. The molecular formula is C16H21N3O3. The van der Waals surface area contributed by atoms with Crippen molar-refractivity contribution in [1.82, 2.24) is 10.7 Å². The standard InChI is InChI=1S/C16H21N3O3/c20-14-9-5-6-12(10-14)11-17-19-16(22)15(21)18-13-7-3-1-2-4-8-13/h5-6,9-11,13,20H,1-4,7-8H2,(H,18,21)(H,19,22)/b17-11-. The molecule has 0 atom stereocenters. The third kappa shape index (κ3) is 5.20. The first kappa shape index (κ1) is 16.0. The van der Waals surface area contributed by atoms with Crippen molar-refractivity contribution in [2.45, 2.75) is 44.6 Å². The van der Waals surface area contributed by atoms with Gasteiger partial charge >= 0.3 is 11.8 Å². The predicted octanol–water partition coefficient (Wildman–Crippen LogP) is 1.68. The van der Waals surface area contributed by atoms with E-state index in [-0.39, 0.29) is 11.8 Å². The van der Waals surface area contributed by atoms with Crippen molar-refractivity contribution in [2.24, 2.45) is 5.10 Å². The third-order valence-corrected chi connectivity index (χ3v) is 3.65. The largest absolute Gasteiger partial charge is 0.508 e. The van der Waals surface area contributed by atoms with Gasteiger partial charge < -0.3 is 10.4 Å². The number of carbonyl (C=O) groups is 2. The van der Waals surface area contributed by atoms with Gasteiger partial charge in [-0.05, 0) is 30.5 Å². The van der Waals surface area contributed by atoms with Gasteiger partial charge in [-0.2, -0.15) is 5.10 Å². The molecule has 0 radical (unpaired) electrons. The van der Waals surface area contributed by atoms with Crippen LogP contribution in [0.5, 0.6) is 5.75 Å². The second kappa shape index (κ2) is 8.17. The molecule has 2 rings (SSSR count). The summed E-state index contributed by atoms with van der Waals surface area (Å²) in [4.78, 5) is 23.5. The fraction of sp³-hybridized carbons (Fsp3) is 0.438. The Morgan fingerprint density at radius 3 is 2.55 bits per heavy atom. The van der Waals surface area contributed by atoms with Gasteiger partial charge in [0.2, 0.25) is 0 Å². The highest BCUT2D eigenvalue weighted by Crippen LogP contribution is 2.17. The summed E-state index contributed by atoms with van der Waals surface area (Å²) >= 11 is 0. The number of rotatable bonds is 3. The van der Waals surface area contributed by atoms with E-state index in [2.05, 4.69) is 15.8 Å². The first-order valence-electron chi connectivity index (χ1n) is 7.58. The molecule has 1 aromatic carbocycles. The van der Waals surface area contributed by atoms with Gasteiger partial charge in [-0.15, -0.1) is 0 Å². The minimum Gasteiger partial charge on any atom is -0.508 e. The average Bonchev–Trinajstić information content (AvgIpc) is 2.76. The number of nitrogens with one attached hydrogen (secondary N) is 2. The van der Waals surface area contributed by atoms with Crippen LogP contribution < -0.4 is 10.7 Å². The lowest BCUT2D eigenvalue weighted by atomic mass is 10.1. The summed E-state index contributed by atoms with van der Waals surface area (Å²) in [5.41, 5.74) is 2.82. The fourth-order valence-corrected chi connectivity index (χ4v) is 2.50. The van der Waals surface area contributed by atoms with Crippen LogP contribution in [0.25, 0.3) is 0 Å². The van der Waals surface area contributed by atoms with Crippen LogP contribution in [0.3, 0.4) is 0 Å². The molecule has 3 N–H and O–H groups in total. The zero-order chi connectivity index (χ0) is 15.8. The van der Waals surface area contributed by atoms with Crippen molar-refractivity contribution in [3.05, 3.63) is 29.8 Å². The van der Waals surface area contributed by atoms with Crippen molar-refractivity contribution >= 4 is 18.0 Å². The molecule has 118 valence electrons. The maximum atomic E-state index is 11.8. The SMILES string of the molecule is O=C(N/N=C\c1cccc(O)c1)C(=O)NC1CCCCCC1. The van der Waals surface area contributed by atoms with E-state index in [9.17, 15) is 14.7 Å². The first-order chi connectivity index (χ1) is 10.6. The van der Waals surface area contributed by atoms with Gasteiger partial charge in [0.15, 0.2) is 0 Å². The van der Waals surface area contributed by atoms with Gasteiger partial charge in [0.1, 0.15) is 5.75 Å². The van der Waals surface area contributed by atoms with Crippen molar-refractivity contribution in [2.75, 3.05) is 0 Å². The summed E-state index contributed by atoms with van der Waals surface area (Å²) in [5, 5.41) is 15.8. The van der Waals surface area contributed by atoms with Gasteiger partial charge in [0.05, 0.1) is 6.21 Å². The Hall–Kier alpha value is -2.37. The van der Waals surface area contributed by atoms with Crippen LogP contribution in [0.4, 0.5) is 0 Å². The number of amides is 2. The Kier molecular flexibility index (Phi) is 5.94. The smallest absolute Gasteiger partial charge is 0.329 e. The van der Waals surface area contributed by atoms with Crippen LogP contribution in [0.1, 0.15) is 44.1 Å². The van der Waals surface area contributed by atoms with Gasteiger partial charge in [-0.3, -0.25) is 9.59 Å². The Morgan fingerprint density at radius 2 is 1.86 bits per heavy atom. The quantitative estimate of drug-likeness (QED) is 0.343. The van der Waals surface area contributed by atoms with Gasteiger partial charge in [-0.1, -0.05) is 37.8 Å². The van der Waals surface area contributed by atoms with Crippen molar-refractivity contribution in [1.29, 1.82) is 0 Å². The monoisotopic (exact) mass is 303 g/mol. The predicted molar refractivity (Wildman–Crippen MR) is 83.5 cm³/mol. The van der Waals surface area contributed by atoms with Crippen LogP contribution in [-0.4, -0.2) is 29.2 Å². The molecular weight excluding hydrogens is 282 g/mol. The topological polar surface area (TPSA) is 90.8 Å². The van der Waals surface area contributed by atoms with Crippen LogP contribution in [-0.2, 0) is 9.59 Å². The van der Waals surface area contributed by atoms with Crippen LogP contribution in [0.2, 0.25) is 0 Å². The van der Waals surface area contributed by atoms with E-state index in [4.69, 9.17) is 0 Å². The van der Waals surface area contributed by atoms with E-state index in [1.54, 1.807) is 12.1 Å². The maximum absolute atomic E-state index is 11.8. The molecule has 0 aliphatic heterocycles. The number of nitrogens with zero attached hydrogens (tertiary/aromatic N) is 1. The Balaban J connectivity index is 1.79. The van der Waals surface area contributed by atoms with E-state index in [0.29, 0.717) is 5.56 Å². The number of phenols is 1. The Labute approximate surface area is 129 Å². The van der Waals surface area contributed by atoms with Crippen molar-refractivity contribution in [3.8, 4) is 5.75 Å². The summed E-state index contributed by atoms with van der Waals surface area (Å²) in [6.07, 6.45) is 7.76. The lowest BCUT2D eigenvalue weighted by Crippen LogP contribution is -2.43. The van der Waals surface area contributed by atoms with E-state index in [1.807, 2.05) is 0 Å². The normalized spacial score (nSPS) is 16.2. The summed E-state index contributed by atoms with van der Waals surface area (Å²) in [6, 6.07) is 6.51. The Morgan fingerprint density at radius 1 is 1.14 bits per heavy atom. The van der Waals surface area contributed by atoms with Gasteiger partial charge in [0.25, 0.3) is 0 Å². The van der Waals surface area contributed by atoms with E-state index < -0.39 is 11.8 Å². The summed E-state index contributed by atoms with van der Waals surface area (Å²) in [6.45, 7) is 0. The highest BCUT2D eigenvalue weighted by molar-refractivity contribution is 6.35. The molecule has 6 heteroatoms. The second-order valence-electron chi connectivity index (χ2n) is 5.46. The van der Waals surface area contributed by atoms with Crippen LogP contribution in [0, 0.1) is 0 Å². The molecule has 6 nitrogen and oxygen atoms in total. The molecule has 0 saturated heterocycles. The number of phenolic OH excluding ortho intramolecular Hbond substituents is 1. The molecule has 1 aromatic rings. The number of hydrazone groups is 1. The van der Waals surface area contributed by atoms with E-state index in [0.717, 1.165) is 25.7 Å². The zero-order valence-corrected chi connectivity index (χ0v) is 12.4. The molecule has 0 heterocycles. The number of aromatic hydroxyl groups is 1. The number of hydrogen-bond acceptors (Lipinski definition) is 4. The highest BCUT2D eigenvalue weighted by Gasteiger charge is 2.19. The molecule has 2 amide bonds. The third-order valence-electron chi connectivity index (χ3n) is 3.65. The number of benzene rings is 1. The summed E-state index contributed by atoms with van der Waals surface area (Å²) in [5.74, 6) is -1.32. The van der Waals surface area contributed by atoms with Crippen molar-refractivity contribution in [3.63, 3.8) is 0 Å². The minimum absolute atomic E-state index is 0.0794. The summed E-state index contributed by atoms with van der Waals surface area (Å²) in [7, 11) is 0.